The van der Waals surface area contributed by atoms with Gasteiger partial charge in [-0.25, -0.2) is 19.4 Å². The highest BCUT2D eigenvalue weighted by Gasteiger charge is 2.53. The topological polar surface area (TPSA) is 155 Å². The number of anilines is 2. The molecule has 4 aliphatic heterocycles. The predicted molar refractivity (Wildman–Crippen MR) is 312 cm³/mol. The van der Waals surface area contributed by atoms with Crippen LogP contribution in [0.25, 0.3) is 0 Å². The lowest BCUT2D eigenvalue weighted by Crippen LogP contribution is -2.58. The Morgan fingerprint density at radius 2 is 0.909 bits per heavy atom. The van der Waals surface area contributed by atoms with Crippen LogP contribution in [0, 0.1) is 3.57 Å². The number of fused-ring (bicyclic) bond motifs is 4. The van der Waals surface area contributed by atoms with Crippen LogP contribution in [0.1, 0.15) is 142 Å². The van der Waals surface area contributed by atoms with Crippen molar-refractivity contribution in [2.24, 2.45) is 0 Å². The minimum atomic E-state index is -2.60. The van der Waals surface area contributed by atoms with E-state index in [9.17, 15) is 19.2 Å². The van der Waals surface area contributed by atoms with Gasteiger partial charge >= 0.3 is 12.2 Å². The SMILES string of the molecule is COc1cc2c(cc1OCc1cc(I)cc(COc3cc4c(cc3OC)C(=O)N3C=C(C)C[C@H]3[C@H](O[Si](C)(C)C(C)(C)C)N4C(=O)OC(C)(C)C)c1)N(C(=O)OC(C)(C)C)[C@@H](O[Si](C)(C)C(C)(C)C)[C@@H]1CC(C)=CN1C2=O. The maximum atomic E-state index is 14.7. The average Bonchev–Trinajstić information content (AvgIpc) is 3.85. The average molecular weight is 1210 g/mol. The standard InChI is InChI=1S/C58H81IN4O12Si2/c1-34-21-43-51(74-76(17,18)57(9,10)11)62(53(66)72-55(3,4)5)41-28-47(45(68-15)26-39(41)49(64)60(43)30-34)70-32-36-23-37(25-38(59)24-36)33-71-48-29-42-40(27-46(48)69-16)50(65)61-31-35(2)22-44(61)52(75-77(19,20)58(12,13)14)63(42)54(67)73-56(6,7)8/h23-31,43-44,51-52H,21-22,32-33H2,1-20H3/t43-,44-,51-,52-/m0/s1. The second kappa shape index (κ2) is 21.5. The summed E-state index contributed by atoms with van der Waals surface area (Å²) in [6, 6.07) is 11.5. The van der Waals surface area contributed by atoms with Gasteiger partial charge in [0, 0.05) is 28.1 Å². The molecule has 420 valence electrons. The van der Waals surface area contributed by atoms with Crippen molar-refractivity contribution in [1.29, 1.82) is 0 Å². The van der Waals surface area contributed by atoms with Gasteiger partial charge in [-0.05, 0) is 169 Å². The summed E-state index contributed by atoms with van der Waals surface area (Å²) in [5.41, 5.74) is 2.88. The fourth-order valence-corrected chi connectivity index (χ4v) is 12.5. The Hall–Kier alpha value is -5.10. The largest absolute Gasteiger partial charge is 0.493 e. The van der Waals surface area contributed by atoms with E-state index in [0.29, 0.717) is 35.8 Å². The van der Waals surface area contributed by atoms with Crippen molar-refractivity contribution in [3.8, 4) is 23.0 Å². The maximum absolute atomic E-state index is 14.7. The highest BCUT2D eigenvalue weighted by molar-refractivity contribution is 14.1. The number of benzene rings is 3. The first-order valence-corrected chi connectivity index (χ1v) is 33.2. The van der Waals surface area contributed by atoms with Crippen molar-refractivity contribution in [3.05, 3.63) is 91.8 Å². The number of hydrogen-bond donors (Lipinski definition) is 0. The van der Waals surface area contributed by atoms with Crippen LogP contribution in [0.15, 0.2) is 66.0 Å². The van der Waals surface area contributed by atoms with Crippen molar-refractivity contribution < 1.29 is 56.5 Å². The summed E-state index contributed by atoms with van der Waals surface area (Å²) in [7, 11) is -2.18. The fraction of sp³-hybridized carbons (Fsp3) is 0.552. The Morgan fingerprint density at radius 1 is 0.558 bits per heavy atom. The van der Waals surface area contributed by atoms with E-state index in [1.54, 1.807) is 34.1 Å². The van der Waals surface area contributed by atoms with Crippen LogP contribution in [0.2, 0.25) is 36.3 Å². The van der Waals surface area contributed by atoms with Gasteiger partial charge in [-0.15, -0.1) is 0 Å². The lowest BCUT2D eigenvalue weighted by Gasteiger charge is -2.44. The van der Waals surface area contributed by atoms with Gasteiger partial charge in [-0.3, -0.25) is 9.59 Å². The number of amides is 4. The molecule has 0 fully saturated rings. The number of carbonyl (C=O) groups excluding carboxylic acids is 4. The van der Waals surface area contributed by atoms with Gasteiger partial charge in [0.25, 0.3) is 11.8 Å². The third-order valence-corrected chi connectivity index (χ3v) is 24.6. The minimum absolute atomic E-state index is 0.0658. The quantitative estimate of drug-likeness (QED) is 0.125. The molecule has 0 saturated heterocycles. The Labute approximate surface area is 472 Å². The Morgan fingerprint density at radius 3 is 1.22 bits per heavy atom. The predicted octanol–water partition coefficient (Wildman–Crippen LogP) is 13.9. The number of rotatable bonds is 12. The molecule has 0 unspecified atom stereocenters. The number of ether oxygens (including phenoxy) is 6. The second-order valence-corrected chi connectivity index (χ2v) is 36.5. The molecule has 0 bridgehead atoms. The van der Waals surface area contributed by atoms with Gasteiger partial charge in [-0.1, -0.05) is 52.7 Å². The van der Waals surface area contributed by atoms with Crippen molar-refractivity contribution >= 4 is 74.6 Å². The molecule has 7 rings (SSSR count). The molecule has 3 aromatic carbocycles. The summed E-state index contributed by atoms with van der Waals surface area (Å²) in [5.74, 6) is 0.591. The first-order chi connectivity index (χ1) is 35.4. The molecule has 0 aromatic heterocycles. The summed E-state index contributed by atoms with van der Waals surface area (Å²) in [5, 5.41) is -0.450. The molecule has 4 atom stereocenters. The molecule has 0 spiro atoms. The summed E-state index contributed by atoms with van der Waals surface area (Å²) in [6.07, 6.45) is 1.62. The second-order valence-electron chi connectivity index (χ2n) is 25.7. The zero-order chi connectivity index (χ0) is 57.3. The van der Waals surface area contributed by atoms with Gasteiger partial charge in [0.1, 0.15) is 24.4 Å². The minimum Gasteiger partial charge on any atom is -0.493 e. The lowest BCUT2D eigenvalue weighted by molar-refractivity contribution is 0.0358. The van der Waals surface area contributed by atoms with E-state index in [1.165, 1.54) is 24.0 Å². The summed E-state index contributed by atoms with van der Waals surface area (Å²) in [6.45, 7) is 36.3. The van der Waals surface area contributed by atoms with Crippen LogP contribution in [-0.2, 0) is 31.5 Å². The van der Waals surface area contributed by atoms with Crippen LogP contribution in [0.3, 0.4) is 0 Å². The van der Waals surface area contributed by atoms with E-state index in [1.807, 2.05) is 86.0 Å². The van der Waals surface area contributed by atoms with Crippen LogP contribution in [0.4, 0.5) is 21.0 Å². The highest BCUT2D eigenvalue weighted by Crippen LogP contribution is 2.48. The molecular formula is C58H81IN4O12Si2. The highest BCUT2D eigenvalue weighted by atomic mass is 127. The van der Waals surface area contributed by atoms with Gasteiger partial charge in [-0.2, -0.15) is 0 Å². The van der Waals surface area contributed by atoms with Crippen LogP contribution >= 0.6 is 22.6 Å². The zero-order valence-electron chi connectivity index (χ0n) is 48.9. The molecule has 16 nitrogen and oxygen atoms in total. The number of methoxy groups -OCH3 is 2. The van der Waals surface area contributed by atoms with E-state index in [4.69, 9.17) is 37.3 Å². The first kappa shape index (κ1) is 59.6. The third-order valence-electron chi connectivity index (χ3n) is 15.1. The van der Waals surface area contributed by atoms with Gasteiger partial charge in [0.15, 0.2) is 52.1 Å². The van der Waals surface area contributed by atoms with Crippen molar-refractivity contribution in [1.82, 2.24) is 9.80 Å². The molecule has 0 N–H and O–H groups in total. The molecule has 19 heteroatoms. The molecule has 4 amide bonds. The summed E-state index contributed by atoms with van der Waals surface area (Å²) in [4.78, 5) is 65.1. The maximum Gasteiger partial charge on any atom is 0.417 e. The van der Waals surface area contributed by atoms with E-state index < -0.39 is 64.6 Å². The number of carbonyl (C=O) groups is 4. The molecule has 4 aliphatic rings. The van der Waals surface area contributed by atoms with Crippen molar-refractivity contribution in [2.75, 3.05) is 24.0 Å². The van der Waals surface area contributed by atoms with E-state index in [-0.39, 0.29) is 57.6 Å². The number of hydrogen-bond acceptors (Lipinski definition) is 12. The molecule has 4 heterocycles. The summed E-state index contributed by atoms with van der Waals surface area (Å²) >= 11 is 2.25. The number of nitrogens with zero attached hydrogens (tertiary/aromatic N) is 4. The van der Waals surface area contributed by atoms with Crippen LogP contribution in [0.5, 0.6) is 23.0 Å². The molecule has 0 aliphatic carbocycles. The van der Waals surface area contributed by atoms with E-state index >= 15 is 0 Å². The summed E-state index contributed by atoms with van der Waals surface area (Å²) < 4.78 is 52.5. The molecule has 3 aromatic rings. The Bertz CT molecular complexity index is 2690. The van der Waals surface area contributed by atoms with E-state index in [0.717, 1.165) is 25.8 Å². The van der Waals surface area contributed by atoms with Crippen molar-refractivity contribution in [3.63, 3.8) is 0 Å². The molecule has 77 heavy (non-hydrogen) atoms. The molecular weight excluding hydrogens is 1130 g/mol. The van der Waals surface area contributed by atoms with Crippen LogP contribution < -0.4 is 28.7 Å². The van der Waals surface area contributed by atoms with Gasteiger partial charge < -0.3 is 47.1 Å². The monoisotopic (exact) mass is 1210 g/mol. The van der Waals surface area contributed by atoms with Crippen molar-refractivity contribution in [2.45, 2.75) is 195 Å². The van der Waals surface area contributed by atoms with E-state index in [2.05, 4.69) is 90.3 Å². The third kappa shape index (κ3) is 12.7. The van der Waals surface area contributed by atoms with Crippen LogP contribution in [-0.4, -0.2) is 100 Å². The smallest absolute Gasteiger partial charge is 0.417 e. The lowest BCUT2D eigenvalue weighted by atomic mass is 10.1. The van der Waals surface area contributed by atoms with Gasteiger partial charge in [0.05, 0.1) is 48.8 Å². The normalized spacial score (nSPS) is 20.1. The molecule has 0 saturated carbocycles. The Kier molecular flexibility index (Phi) is 16.6. The Balaban J connectivity index is 1.24. The fourth-order valence-electron chi connectivity index (χ4n) is 9.26. The number of halogens is 1. The first-order valence-electron chi connectivity index (χ1n) is 26.3. The zero-order valence-corrected chi connectivity index (χ0v) is 53.1. The molecule has 0 radical (unpaired) electrons. The van der Waals surface area contributed by atoms with Gasteiger partial charge in [0.2, 0.25) is 0 Å².